The van der Waals surface area contributed by atoms with E-state index in [0.29, 0.717) is 34.8 Å². The lowest BCUT2D eigenvalue weighted by atomic mass is 9.80. The molecule has 0 spiro atoms. The van der Waals surface area contributed by atoms with Gasteiger partial charge in [-0.2, -0.15) is 10.4 Å². The van der Waals surface area contributed by atoms with E-state index in [4.69, 9.17) is 10.00 Å². The summed E-state index contributed by atoms with van der Waals surface area (Å²) in [7, 11) is 1.51. The molecule has 13 heteroatoms. The van der Waals surface area contributed by atoms with Crippen molar-refractivity contribution < 1.29 is 18.3 Å². The van der Waals surface area contributed by atoms with E-state index in [-0.39, 0.29) is 12.0 Å². The zero-order valence-electron chi connectivity index (χ0n) is 19.8. The van der Waals surface area contributed by atoms with Gasteiger partial charge in [-0.05, 0) is 43.0 Å². The zero-order valence-corrected chi connectivity index (χ0v) is 19.8. The highest BCUT2D eigenvalue weighted by atomic mass is 19.3. The number of nitrogens with zero attached hydrogens (tertiary/aromatic N) is 7. The van der Waals surface area contributed by atoms with E-state index in [2.05, 4.69) is 37.1 Å². The van der Waals surface area contributed by atoms with Gasteiger partial charge in [-0.3, -0.25) is 4.98 Å². The summed E-state index contributed by atoms with van der Waals surface area (Å²) in [5.41, 5.74) is 4.31. The SMILES string of the molecule is CNC(=O)OCC1CC(Nc2cc(-c3ccc4cc(C#N)cnn34)ncc2-c2cn(CC(F)F)nn2)C1. The summed E-state index contributed by atoms with van der Waals surface area (Å²) >= 11 is 0. The Morgan fingerprint density at radius 1 is 1.27 bits per heavy atom. The van der Waals surface area contributed by atoms with Gasteiger partial charge in [-0.1, -0.05) is 5.21 Å². The monoisotopic (exact) mass is 507 g/mol. The average molecular weight is 508 g/mol. The van der Waals surface area contributed by atoms with Crippen molar-refractivity contribution in [2.45, 2.75) is 31.9 Å². The van der Waals surface area contributed by atoms with E-state index in [1.54, 1.807) is 16.8 Å². The first kappa shape index (κ1) is 24.1. The Bertz CT molecular complexity index is 1470. The molecule has 0 aromatic carbocycles. The molecule has 0 unspecified atom stereocenters. The highest BCUT2D eigenvalue weighted by molar-refractivity contribution is 5.79. The molecule has 37 heavy (non-hydrogen) atoms. The van der Waals surface area contributed by atoms with Crippen LogP contribution in [0.4, 0.5) is 19.3 Å². The summed E-state index contributed by atoms with van der Waals surface area (Å²) in [5, 5.41) is 27.3. The van der Waals surface area contributed by atoms with Crippen molar-refractivity contribution in [3.63, 3.8) is 0 Å². The minimum absolute atomic E-state index is 0.115. The molecule has 4 aromatic rings. The largest absolute Gasteiger partial charge is 0.449 e. The maximum Gasteiger partial charge on any atom is 0.406 e. The Kier molecular flexibility index (Phi) is 6.63. The van der Waals surface area contributed by atoms with Gasteiger partial charge in [0.25, 0.3) is 6.43 Å². The third-order valence-electron chi connectivity index (χ3n) is 6.19. The zero-order chi connectivity index (χ0) is 25.9. The fourth-order valence-corrected chi connectivity index (χ4v) is 4.30. The number of amides is 1. The minimum Gasteiger partial charge on any atom is -0.449 e. The number of nitrogens with one attached hydrogen (secondary N) is 2. The first-order chi connectivity index (χ1) is 17.9. The number of fused-ring (bicyclic) bond motifs is 1. The van der Waals surface area contributed by atoms with Crippen molar-refractivity contribution in [1.29, 1.82) is 5.26 Å². The van der Waals surface area contributed by atoms with E-state index in [9.17, 15) is 13.6 Å². The van der Waals surface area contributed by atoms with Crippen LogP contribution < -0.4 is 10.6 Å². The number of pyridine rings is 1. The number of hydrogen-bond acceptors (Lipinski definition) is 8. The van der Waals surface area contributed by atoms with Crippen molar-refractivity contribution in [3.05, 3.63) is 48.4 Å². The van der Waals surface area contributed by atoms with Crippen LogP contribution in [-0.2, 0) is 11.3 Å². The van der Waals surface area contributed by atoms with Crippen molar-refractivity contribution >= 4 is 17.3 Å². The highest BCUT2D eigenvalue weighted by Gasteiger charge is 2.31. The molecule has 0 radical (unpaired) electrons. The van der Waals surface area contributed by atoms with Crippen LogP contribution in [0.15, 0.2) is 42.9 Å². The molecule has 1 aliphatic rings. The lowest BCUT2D eigenvalue weighted by Gasteiger charge is -2.36. The van der Waals surface area contributed by atoms with Crippen molar-refractivity contribution in [2.24, 2.45) is 5.92 Å². The predicted octanol–water partition coefficient (Wildman–Crippen LogP) is 3.34. The van der Waals surface area contributed by atoms with Gasteiger partial charge in [0, 0.05) is 30.5 Å². The van der Waals surface area contributed by atoms with Crippen LogP contribution >= 0.6 is 0 Å². The summed E-state index contributed by atoms with van der Waals surface area (Å²) in [6.07, 6.45) is 3.15. The van der Waals surface area contributed by atoms with E-state index in [1.165, 1.54) is 19.4 Å². The molecule has 190 valence electrons. The van der Waals surface area contributed by atoms with Crippen LogP contribution in [0.2, 0.25) is 0 Å². The van der Waals surface area contributed by atoms with Gasteiger partial charge in [0.15, 0.2) is 0 Å². The maximum atomic E-state index is 12.8. The topological polar surface area (TPSA) is 135 Å². The Hall–Kier alpha value is -4.60. The molecule has 1 saturated carbocycles. The minimum atomic E-state index is -2.55. The third-order valence-corrected chi connectivity index (χ3v) is 6.19. The van der Waals surface area contributed by atoms with E-state index in [0.717, 1.165) is 28.7 Å². The van der Waals surface area contributed by atoms with Gasteiger partial charge in [0.05, 0.1) is 41.5 Å². The number of nitriles is 1. The molecule has 0 bridgehead atoms. The van der Waals surface area contributed by atoms with E-state index in [1.807, 2.05) is 18.2 Å². The predicted molar refractivity (Wildman–Crippen MR) is 129 cm³/mol. The number of ether oxygens (including phenoxy) is 1. The first-order valence-electron chi connectivity index (χ1n) is 11.6. The molecular formula is C24H23F2N9O2. The quantitative estimate of drug-likeness (QED) is 0.371. The third kappa shape index (κ3) is 5.18. The Balaban J connectivity index is 1.43. The molecular weight excluding hydrogens is 484 g/mol. The van der Waals surface area contributed by atoms with Crippen LogP contribution in [0.1, 0.15) is 18.4 Å². The lowest BCUT2D eigenvalue weighted by molar-refractivity contribution is 0.100. The van der Waals surface area contributed by atoms with Gasteiger partial charge >= 0.3 is 6.09 Å². The van der Waals surface area contributed by atoms with E-state index >= 15 is 0 Å². The summed E-state index contributed by atoms with van der Waals surface area (Å²) in [6, 6.07) is 9.51. The molecule has 11 nitrogen and oxygen atoms in total. The second kappa shape index (κ2) is 10.2. The fraction of sp³-hybridized carbons (Fsp3) is 0.333. The normalized spacial score (nSPS) is 16.8. The molecule has 5 rings (SSSR count). The van der Waals surface area contributed by atoms with E-state index < -0.39 is 19.1 Å². The summed E-state index contributed by atoms with van der Waals surface area (Å²) in [4.78, 5) is 15.9. The van der Waals surface area contributed by atoms with Crippen LogP contribution in [0, 0.1) is 17.2 Å². The summed E-state index contributed by atoms with van der Waals surface area (Å²) in [6.45, 7) is -0.218. The highest BCUT2D eigenvalue weighted by Crippen LogP contribution is 2.35. The number of alkyl carbamates (subject to hydrolysis) is 1. The second-order valence-electron chi connectivity index (χ2n) is 8.77. The molecule has 1 amide bonds. The van der Waals surface area contributed by atoms with Crippen LogP contribution in [0.5, 0.6) is 0 Å². The lowest BCUT2D eigenvalue weighted by Crippen LogP contribution is -2.39. The van der Waals surface area contributed by atoms with Crippen LogP contribution in [0.25, 0.3) is 28.2 Å². The molecule has 0 saturated heterocycles. The standard InChI is InChI=1S/C24H23F2N9O2/c1-28-24(36)37-13-14-4-16(5-14)31-19-7-20(22-3-2-17-6-15(8-27)9-30-35(17)22)29-10-18(19)21-11-34(33-32-21)12-23(25)26/h2-3,6-7,9-11,14,16,23H,4-5,12-13H2,1H3,(H,28,36)(H,29,31). The Morgan fingerprint density at radius 3 is 2.86 bits per heavy atom. The Labute approximate surface area is 210 Å². The fourth-order valence-electron chi connectivity index (χ4n) is 4.30. The van der Waals surface area contributed by atoms with Gasteiger partial charge in [-0.15, -0.1) is 5.10 Å². The molecule has 4 heterocycles. The van der Waals surface area contributed by atoms with Gasteiger partial charge in [-0.25, -0.2) is 22.8 Å². The molecule has 2 N–H and O–H groups in total. The number of rotatable bonds is 8. The van der Waals surface area contributed by atoms with Gasteiger partial charge < -0.3 is 15.4 Å². The average Bonchev–Trinajstić information content (AvgIpc) is 3.51. The number of anilines is 1. The molecule has 1 aliphatic carbocycles. The van der Waals surface area contributed by atoms with Gasteiger partial charge in [0.1, 0.15) is 18.3 Å². The second-order valence-corrected chi connectivity index (χ2v) is 8.77. The number of hydrogen-bond donors (Lipinski definition) is 2. The van der Waals surface area contributed by atoms with Gasteiger partial charge in [0.2, 0.25) is 0 Å². The van der Waals surface area contributed by atoms with Crippen molar-refractivity contribution in [2.75, 3.05) is 19.0 Å². The van der Waals surface area contributed by atoms with Crippen LogP contribution in [-0.4, -0.2) is 61.8 Å². The van der Waals surface area contributed by atoms with Crippen molar-refractivity contribution in [1.82, 2.24) is 34.9 Å². The number of halogens is 2. The van der Waals surface area contributed by atoms with Crippen molar-refractivity contribution in [3.8, 4) is 28.7 Å². The number of alkyl halides is 2. The maximum absolute atomic E-state index is 12.8. The summed E-state index contributed by atoms with van der Waals surface area (Å²) in [5.74, 6) is 0.236. The van der Waals surface area contributed by atoms with Crippen LogP contribution in [0.3, 0.4) is 0 Å². The molecule has 0 aliphatic heterocycles. The first-order valence-corrected chi connectivity index (χ1v) is 11.6. The molecule has 0 atom stereocenters. The number of carbonyl (C=O) groups excluding carboxylic acids is 1. The Morgan fingerprint density at radius 2 is 2.11 bits per heavy atom. The molecule has 1 fully saturated rings. The summed E-state index contributed by atoms with van der Waals surface area (Å²) < 4.78 is 33.6. The number of aromatic nitrogens is 6. The smallest absolute Gasteiger partial charge is 0.406 e. The molecule has 4 aromatic heterocycles. The number of carbonyl (C=O) groups is 1.